The van der Waals surface area contributed by atoms with Crippen LogP contribution >= 0.6 is 22.9 Å². The number of nitrogens with one attached hydrogen (secondary N) is 1. The lowest BCUT2D eigenvalue weighted by Gasteiger charge is -2.45. The van der Waals surface area contributed by atoms with Crippen LogP contribution < -0.4 is 5.32 Å². The summed E-state index contributed by atoms with van der Waals surface area (Å²) >= 11 is 7.55. The Morgan fingerprint density at radius 3 is 2.67 bits per heavy atom. The molecule has 1 aliphatic heterocycles. The molecule has 0 saturated carbocycles. The van der Waals surface area contributed by atoms with Gasteiger partial charge in [-0.05, 0) is 17.5 Å². The summed E-state index contributed by atoms with van der Waals surface area (Å²) in [5, 5.41) is 3.42. The molecular weight excluding hydrogens is 190 g/mol. The number of thiophene rings is 1. The molecule has 1 fully saturated rings. The summed E-state index contributed by atoms with van der Waals surface area (Å²) in [5.74, 6) is 0. The van der Waals surface area contributed by atoms with Gasteiger partial charge in [-0.15, -0.1) is 11.3 Å². The molecular formula is C9H12ClNS. The van der Waals surface area contributed by atoms with Gasteiger partial charge in [0.1, 0.15) is 0 Å². The first-order chi connectivity index (χ1) is 5.59. The standard InChI is InChI=1S/C9H12ClNS/c1-9(2)5-11-8(9)6-3-4-7(10)12-6/h3-4,8,11H,5H2,1-2H3. The third-order valence-corrected chi connectivity index (χ3v) is 3.72. The first-order valence-corrected chi connectivity index (χ1v) is 5.28. The van der Waals surface area contributed by atoms with E-state index in [2.05, 4.69) is 25.2 Å². The molecule has 0 aliphatic carbocycles. The molecule has 1 aromatic rings. The maximum absolute atomic E-state index is 5.87. The van der Waals surface area contributed by atoms with Crippen LogP contribution in [0.5, 0.6) is 0 Å². The van der Waals surface area contributed by atoms with Crippen LogP contribution in [0.1, 0.15) is 24.8 Å². The lowest BCUT2D eigenvalue weighted by molar-refractivity contribution is 0.131. The minimum Gasteiger partial charge on any atom is -0.308 e. The number of halogens is 1. The van der Waals surface area contributed by atoms with E-state index in [9.17, 15) is 0 Å². The highest BCUT2D eigenvalue weighted by molar-refractivity contribution is 7.16. The second kappa shape index (κ2) is 2.72. The van der Waals surface area contributed by atoms with E-state index in [1.165, 1.54) is 4.88 Å². The first-order valence-electron chi connectivity index (χ1n) is 4.08. The Balaban J connectivity index is 2.21. The van der Waals surface area contributed by atoms with Crippen molar-refractivity contribution in [1.82, 2.24) is 5.32 Å². The van der Waals surface area contributed by atoms with Gasteiger partial charge in [-0.1, -0.05) is 25.4 Å². The SMILES string of the molecule is CC1(C)CNC1c1ccc(Cl)s1. The van der Waals surface area contributed by atoms with Gasteiger partial charge in [0.25, 0.3) is 0 Å². The molecule has 1 N–H and O–H groups in total. The van der Waals surface area contributed by atoms with Gasteiger partial charge in [-0.2, -0.15) is 0 Å². The molecule has 1 atom stereocenters. The zero-order chi connectivity index (χ0) is 8.77. The third-order valence-electron chi connectivity index (χ3n) is 2.42. The van der Waals surface area contributed by atoms with Crippen molar-refractivity contribution in [3.8, 4) is 0 Å². The lowest BCUT2D eigenvalue weighted by Crippen LogP contribution is -2.52. The first kappa shape index (κ1) is 8.54. The van der Waals surface area contributed by atoms with E-state index in [4.69, 9.17) is 11.6 Å². The van der Waals surface area contributed by atoms with E-state index < -0.39 is 0 Å². The van der Waals surface area contributed by atoms with Crippen molar-refractivity contribution in [2.45, 2.75) is 19.9 Å². The van der Waals surface area contributed by atoms with E-state index in [-0.39, 0.29) is 0 Å². The van der Waals surface area contributed by atoms with Crippen molar-refractivity contribution in [2.75, 3.05) is 6.54 Å². The Morgan fingerprint density at radius 1 is 1.58 bits per heavy atom. The molecule has 2 heterocycles. The van der Waals surface area contributed by atoms with Crippen LogP contribution in [0.3, 0.4) is 0 Å². The van der Waals surface area contributed by atoms with Crippen molar-refractivity contribution in [3.63, 3.8) is 0 Å². The van der Waals surface area contributed by atoms with Crippen molar-refractivity contribution < 1.29 is 0 Å². The van der Waals surface area contributed by atoms with Crippen molar-refractivity contribution in [1.29, 1.82) is 0 Å². The summed E-state index contributed by atoms with van der Waals surface area (Å²) in [5.41, 5.74) is 0.397. The van der Waals surface area contributed by atoms with Gasteiger partial charge in [0.05, 0.1) is 4.34 Å². The summed E-state index contributed by atoms with van der Waals surface area (Å²) in [4.78, 5) is 1.36. The molecule has 66 valence electrons. The molecule has 1 nitrogen and oxygen atoms in total. The maximum Gasteiger partial charge on any atom is 0.0931 e. The molecule has 0 amide bonds. The van der Waals surface area contributed by atoms with E-state index in [0.717, 1.165) is 10.9 Å². The Labute approximate surface area is 81.7 Å². The Kier molecular flexibility index (Phi) is 1.94. The van der Waals surface area contributed by atoms with Gasteiger partial charge in [0.15, 0.2) is 0 Å². The van der Waals surface area contributed by atoms with Crippen molar-refractivity contribution in [3.05, 3.63) is 21.3 Å². The van der Waals surface area contributed by atoms with Crippen LogP contribution in [-0.4, -0.2) is 6.54 Å². The second-order valence-corrected chi connectivity index (χ2v) is 5.69. The van der Waals surface area contributed by atoms with Crippen LogP contribution in [0, 0.1) is 5.41 Å². The lowest BCUT2D eigenvalue weighted by atomic mass is 9.76. The minimum absolute atomic E-state index is 0.397. The van der Waals surface area contributed by atoms with E-state index >= 15 is 0 Å². The number of rotatable bonds is 1. The van der Waals surface area contributed by atoms with Crippen LogP contribution in [0.25, 0.3) is 0 Å². The highest BCUT2D eigenvalue weighted by Crippen LogP contribution is 2.43. The minimum atomic E-state index is 0.397. The van der Waals surface area contributed by atoms with Crippen molar-refractivity contribution >= 4 is 22.9 Å². The van der Waals surface area contributed by atoms with Crippen LogP contribution in [-0.2, 0) is 0 Å². The van der Waals surface area contributed by atoms with Gasteiger partial charge in [0.2, 0.25) is 0 Å². The molecule has 1 saturated heterocycles. The van der Waals surface area contributed by atoms with Crippen LogP contribution in [0.15, 0.2) is 12.1 Å². The van der Waals surface area contributed by atoms with Gasteiger partial charge in [-0.25, -0.2) is 0 Å². The smallest absolute Gasteiger partial charge is 0.0931 e. The zero-order valence-corrected chi connectivity index (χ0v) is 8.80. The molecule has 1 unspecified atom stereocenters. The molecule has 2 rings (SSSR count). The van der Waals surface area contributed by atoms with E-state index in [1.807, 2.05) is 6.07 Å². The van der Waals surface area contributed by atoms with Gasteiger partial charge >= 0.3 is 0 Å². The molecule has 1 aromatic heterocycles. The van der Waals surface area contributed by atoms with E-state index in [0.29, 0.717) is 11.5 Å². The molecule has 0 radical (unpaired) electrons. The average molecular weight is 202 g/mol. The zero-order valence-electron chi connectivity index (χ0n) is 7.23. The summed E-state index contributed by atoms with van der Waals surface area (Å²) < 4.78 is 0.884. The molecule has 12 heavy (non-hydrogen) atoms. The van der Waals surface area contributed by atoms with E-state index in [1.54, 1.807) is 11.3 Å². The summed E-state index contributed by atoms with van der Waals surface area (Å²) in [6.45, 7) is 5.66. The Hall–Kier alpha value is -0.0500. The normalized spacial score (nSPS) is 26.8. The molecule has 0 spiro atoms. The average Bonchev–Trinajstić information content (AvgIpc) is 2.34. The van der Waals surface area contributed by atoms with Crippen LogP contribution in [0.2, 0.25) is 4.34 Å². The monoisotopic (exact) mass is 201 g/mol. The Bertz CT molecular complexity index is 292. The maximum atomic E-state index is 5.87. The fourth-order valence-corrected chi connectivity index (χ4v) is 2.93. The molecule has 0 bridgehead atoms. The predicted molar refractivity (Wildman–Crippen MR) is 53.9 cm³/mol. The molecule has 0 aromatic carbocycles. The third kappa shape index (κ3) is 1.28. The van der Waals surface area contributed by atoms with Gasteiger partial charge < -0.3 is 5.32 Å². The highest BCUT2D eigenvalue weighted by atomic mass is 35.5. The quantitative estimate of drug-likeness (QED) is 0.737. The van der Waals surface area contributed by atoms with Gasteiger partial charge in [0, 0.05) is 17.5 Å². The number of hydrogen-bond donors (Lipinski definition) is 1. The summed E-state index contributed by atoms with van der Waals surface area (Å²) in [7, 11) is 0. The summed E-state index contributed by atoms with van der Waals surface area (Å²) in [6.07, 6.45) is 0. The highest BCUT2D eigenvalue weighted by Gasteiger charge is 2.39. The fourth-order valence-electron chi connectivity index (χ4n) is 1.58. The molecule has 1 aliphatic rings. The number of hydrogen-bond acceptors (Lipinski definition) is 2. The van der Waals surface area contributed by atoms with Gasteiger partial charge in [-0.3, -0.25) is 0 Å². The van der Waals surface area contributed by atoms with Crippen molar-refractivity contribution in [2.24, 2.45) is 5.41 Å². The predicted octanol–water partition coefficient (Wildman–Crippen LogP) is 3.07. The molecule has 3 heteroatoms. The van der Waals surface area contributed by atoms with Crippen LogP contribution in [0.4, 0.5) is 0 Å². The largest absolute Gasteiger partial charge is 0.308 e. The Morgan fingerprint density at radius 2 is 2.33 bits per heavy atom. The topological polar surface area (TPSA) is 12.0 Å². The fraction of sp³-hybridized carbons (Fsp3) is 0.556. The second-order valence-electron chi connectivity index (χ2n) is 3.94. The summed E-state index contributed by atoms with van der Waals surface area (Å²) in [6, 6.07) is 4.60.